The summed E-state index contributed by atoms with van der Waals surface area (Å²) in [6.45, 7) is 4.46. The summed E-state index contributed by atoms with van der Waals surface area (Å²) in [5, 5.41) is 3.41. The maximum atomic E-state index is 3.41. The van der Waals surface area contributed by atoms with E-state index in [1.54, 1.807) is 0 Å². The van der Waals surface area contributed by atoms with E-state index >= 15 is 0 Å². The Kier molecular flexibility index (Phi) is 7.38. The summed E-state index contributed by atoms with van der Waals surface area (Å²) in [6, 6.07) is 9.58. The number of hydrogen-bond donors (Lipinski definition) is 1. The molecule has 0 aromatic heterocycles. The number of thioether (sulfide) groups is 1. The number of aryl methyl sites for hydroxylation is 1. The predicted molar refractivity (Wildman–Crippen MR) is 79.9 cm³/mol. The van der Waals surface area contributed by atoms with Crippen molar-refractivity contribution in [2.45, 2.75) is 39.2 Å². The van der Waals surface area contributed by atoms with Gasteiger partial charge in [-0.25, -0.2) is 0 Å². The summed E-state index contributed by atoms with van der Waals surface area (Å²) in [6.07, 6.45) is 3.67. The molecule has 2 heteroatoms. The summed E-state index contributed by atoms with van der Waals surface area (Å²) < 4.78 is 0. The first kappa shape index (κ1) is 14.6. The fraction of sp³-hybridized carbons (Fsp3) is 0.600. The third kappa shape index (κ3) is 5.13. The zero-order chi connectivity index (χ0) is 12.5. The third-order valence-corrected chi connectivity index (χ3v) is 4.17. The predicted octanol–water partition coefficient (Wildman–Crippen LogP) is 4.04. The molecule has 0 saturated carbocycles. The molecule has 0 radical (unpaired) electrons. The first-order chi connectivity index (χ1) is 8.31. The molecule has 0 aliphatic heterocycles. The van der Waals surface area contributed by atoms with Crippen LogP contribution in [0.5, 0.6) is 0 Å². The molecule has 1 aromatic rings. The van der Waals surface area contributed by atoms with Gasteiger partial charge in [-0.05, 0) is 36.8 Å². The van der Waals surface area contributed by atoms with Gasteiger partial charge in [0.1, 0.15) is 0 Å². The van der Waals surface area contributed by atoms with Gasteiger partial charge >= 0.3 is 0 Å². The first-order valence-electron chi connectivity index (χ1n) is 6.65. The molecule has 0 heterocycles. The van der Waals surface area contributed by atoms with Crippen molar-refractivity contribution in [3.05, 3.63) is 35.4 Å². The van der Waals surface area contributed by atoms with E-state index in [9.17, 15) is 0 Å². The Labute approximate surface area is 110 Å². The topological polar surface area (TPSA) is 12.0 Å². The van der Waals surface area contributed by atoms with E-state index in [4.69, 9.17) is 0 Å². The molecule has 17 heavy (non-hydrogen) atoms. The van der Waals surface area contributed by atoms with E-state index in [0.717, 1.165) is 5.75 Å². The minimum Gasteiger partial charge on any atom is -0.312 e. The van der Waals surface area contributed by atoms with E-state index < -0.39 is 0 Å². The quantitative estimate of drug-likeness (QED) is 0.700. The molecule has 0 bridgehead atoms. The normalized spacial score (nSPS) is 12.6. The van der Waals surface area contributed by atoms with Gasteiger partial charge in [-0.1, -0.05) is 44.5 Å². The molecular weight excluding hydrogens is 226 g/mol. The van der Waals surface area contributed by atoms with Crippen molar-refractivity contribution in [2.24, 2.45) is 0 Å². The molecule has 1 rings (SSSR count). The second-order valence-corrected chi connectivity index (χ2v) is 5.56. The lowest BCUT2D eigenvalue weighted by Crippen LogP contribution is -2.18. The average Bonchev–Trinajstić information content (AvgIpc) is 2.36. The fourth-order valence-corrected chi connectivity index (χ4v) is 2.95. The zero-order valence-electron chi connectivity index (χ0n) is 11.3. The third-order valence-electron chi connectivity index (χ3n) is 2.90. The molecule has 0 aliphatic carbocycles. The molecule has 1 atom stereocenters. The Morgan fingerprint density at radius 3 is 2.35 bits per heavy atom. The van der Waals surface area contributed by atoms with Crippen LogP contribution in [0.4, 0.5) is 0 Å². The molecule has 0 spiro atoms. The van der Waals surface area contributed by atoms with E-state index in [1.807, 2.05) is 11.8 Å². The van der Waals surface area contributed by atoms with Crippen LogP contribution >= 0.6 is 11.8 Å². The average molecular weight is 251 g/mol. The standard InChI is InChI=1S/C15H25NS/c1-4-6-13-7-9-14(10-8-13)15(16-3)12-17-11-5-2/h7-10,15-16H,4-6,11-12H2,1-3H3. The number of benzene rings is 1. The van der Waals surface area contributed by atoms with Crippen molar-refractivity contribution < 1.29 is 0 Å². The smallest absolute Gasteiger partial charge is 0.0409 e. The molecule has 0 aliphatic rings. The SMILES string of the molecule is CCCSCC(NC)c1ccc(CCC)cc1. The minimum atomic E-state index is 0.488. The van der Waals surface area contributed by atoms with Gasteiger partial charge in [0.15, 0.2) is 0 Å². The fourth-order valence-electron chi connectivity index (χ4n) is 1.90. The largest absolute Gasteiger partial charge is 0.312 e. The lowest BCUT2D eigenvalue weighted by atomic mass is 10.0. The highest BCUT2D eigenvalue weighted by Crippen LogP contribution is 2.19. The molecule has 1 unspecified atom stereocenters. The summed E-state index contributed by atoms with van der Waals surface area (Å²) in [5.41, 5.74) is 2.86. The molecule has 0 amide bonds. The highest BCUT2D eigenvalue weighted by atomic mass is 32.2. The molecule has 0 fully saturated rings. The number of nitrogens with one attached hydrogen (secondary N) is 1. The van der Waals surface area contributed by atoms with Crippen molar-refractivity contribution in [1.82, 2.24) is 5.32 Å². The maximum Gasteiger partial charge on any atom is 0.0409 e. The maximum absolute atomic E-state index is 3.41. The Morgan fingerprint density at radius 2 is 1.82 bits per heavy atom. The Bertz CT molecular complexity index is 294. The highest BCUT2D eigenvalue weighted by Gasteiger charge is 2.08. The van der Waals surface area contributed by atoms with Crippen LogP contribution in [0.3, 0.4) is 0 Å². The Hall–Kier alpha value is -0.470. The van der Waals surface area contributed by atoms with Crippen LogP contribution in [0.25, 0.3) is 0 Å². The Balaban J connectivity index is 2.55. The monoisotopic (exact) mass is 251 g/mol. The van der Waals surface area contributed by atoms with E-state index in [0.29, 0.717) is 6.04 Å². The molecule has 0 saturated heterocycles. The van der Waals surface area contributed by atoms with Crippen LogP contribution in [-0.4, -0.2) is 18.6 Å². The zero-order valence-corrected chi connectivity index (χ0v) is 12.1. The first-order valence-corrected chi connectivity index (χ1v) is 7.81. The second kappa shape index (κ2) is 8.60. The van der Waals surface area contributed by atoms with Gasteiger partial charge in [0.2, 0.25) is 0 Å². The van der Waals surface area contributed by atoms with Crippen molar-refractivity contribution in [3.8, 4) is 0 Å². The molecule has 1 N–H and O–H groups in total. The van der Waals surface area contributed by atoms with Crippen LogP contribution in [0.1, 0.15) is 43.9 Å². The molecular formula is C15H25NS. The summed E-state index contributed by atoms with van der Waals surface area (Å²) >= 11 is 2.03. The Morgan fingerprint density at radius 1 is 1.12 bits per heavy atom. The second-order valence-electron chi connectivity index (χ2n) is 4.41. The summed E-state index contributed by atoms with van der Waals surface area (Å²) in [7, 11) is 2.05. The minimum absolute atomic E-state index is 0.488. The van der Waals surface area contributed by atoms with Crippen molar-refractivity contribution in [2.75, 3.05) is 18.6 Å². The van der Waals surface area contributed by atoms with Crippen LogP contribution in [0.15, 0.2) is 24.3 Å². The van der Waals surface area contributed by atoms with Crippen LogP contribution in [-0.2, 0) is 6.42 Å². The van der Waals surface area contributed by atoms with Gasteiger partial charge in [-0.2, -0.15) is 11.8 Å². The molecule has 1 aromatic carbocycles. The molecule has 1 nitrogen and oxygen atoms in total. The molecule has 96 valence electrons. The van der Waals surface area contributed by atoms with E-state index in [1.165, 1.54) is 36.1 Å². The summed E-state index contributed by atoms with van der Waals surface area (Å²) in [5.74, 6) is 2.42. The highest BCUT2D eigenvalue weighted by molar-refractivity contribution is 7.99. The van der Waals surface area contributed by atoms with Crippen molar-refractivity contribution in [3.63, 3.8) is 0 Å². The number of hydrogen-bond acceptors (Lipinski definition) is 2. The number of rotatable bonds is 8. The lowest BCUT2D eigenvalue weighted by molar-refractivity contribution is 0.661. The lowest BCUT2D eigenvalue weighted by Gasteiger charge is -2.16. The van der Waals surface area contributed by atoms with E-state index in [2.05, 4.69) is 50.5 Å². The van der Waals surface area contributed by atoms with Crippen molar-refractivity contribution in [1.29, 1.82) is 0 Å². The van der Waals surface area contributed by atoms with Gasteiger partial charge < -0.3 is 5.32 Å². The summed E-state index contributed by atoms with van der Waals surface area (Å²) in [4.78, 5) is 0. The van der Waals surface area contributed by atoms with Gasteiger partial charge in [-0.3, -0.25) is 0 Å². The van der Waals surface area contributed by atoms with Gasteiger partial charge in [-0.15, -0.1) is 0 Å². The van der Waals surface area contributed by atoms with E-state index in [-0.39, 0.29) is 0 Å². The van der Waals surface area contributed by atoms with Crippen LogP contribution in [0.2, 0.25) is 0 Å². The van der Waals surface area contributed by atoms with Gasteiger partial charge in [0.05, 0.1) is 0 Å². The van der Waals surface area contributed by atoms with Crippen molar-refractivity contribution >= 4 is 11.8 Å². The van der Waals surface area contributed by atoms with Crippen LogP contribution < -0.4 is 5.32 Å². The van der Waals surface area contributed by atoms with Gasteiger partial charge in [0, 0.05) is 11.8 Å². The van der Waals surface area contributed by atoms with Crippen LogP contribution in [0, 0.1) is 0 Å². The van der Waals surface area contributed by atoms with Gasteiger partial charge in [0.25, 0.3) is 0 Å².